The molecule has 0 atom stereocenters. The molecule has 1 amide bonds. The third-order valence-electron chi connectivity index (χ3n) is 4.53. The fourth-order valence-electron chi connectivity index (χ4n) is 3.14. The van der Waals surface area contributed by atoms with Gasteiger partial charge in [-0.1, -0.05) is 12.1 Å². The van der Waals surface area contributed by atoms with Gasteiger partial charge in [-0.3, -0.25) is 14.5 Å². The minimum Gasteiger partial charge on any atom is -0.487 e. The molecule has 1 aromatic carbocycles. The van der Waals surface area contributed by atoms with E-state index in [2.05, 4.69) is 10.1 Å². The van der Waals surface area contributed by atoms with E-state index in [1.54, 1.807) is 23.2 Å². The number of ether oxygens (including phenoxy) is 1. The summed E-state index contributed by atoms with van der Waals surface area (Å²) in [6.07, 6.45) is 1.64. The molecule has 0 unspecified atom stereocenters. The highest BCUT2D eigenvalue weighted by atomic mass is 19.1. The number of hydrogen-bond acceptors (Lipinski definition) is 4. The molecular weight excluding hydrogens is 347 g/mol. The molecule has 0 bridgehead atoms. The fraction of sp³-hybridized carbons (Fsp3) is 0.250. The van der Waals surface area contributed by atoms with Crippen molar-refractivity contribution < 1.29 is 13.9 Å². The van der Waals surface area contributed by atoms with Gasteiger partial charge in [0.05, 0.1) is 18.8 Å². The van der Waals surface area contributed by atoms with Crippen molar-refractivity contribution in [2.75, 3.05) is 6.54 Å². The van der Waals surface area contributed by atoms with E-state index in [1.165, 1.54) is 12.1 Å². The molecule has 138 valence electrons. The SMILES string of the molecule is Cc1cccnc1C(=O)N1CCn2nc(COc3cccc(F)c3)cc2C1. The maximum Gasteiger partial charge on any atom is 0.273 e. The molecule has 6 nitrogen and oxygen atoms in total. The molecule has 1 aliphatic heterocycles. The van der Waals surface area contributed by atoms with Gasteiger partial charge in [-0.25, -0.2) is 4.39 Å². The molecule has 0 aliphatic carbocycles. The molecule has 7 heteroatoms. The number of fused-ring (bicyclic) bond motifs is 1. The molecule has 0 radical (unpaired) electrons. The van der Waals surface area contributed by atoms with E-state index in [1.807, 2.05) is 29.8 Å². The number of aromatic nitrogens is 3. The summed E-state index contributed by atoms with van der Waals surface area (Å²) in [5.74, 6) is 0.0529. The number of pyridine rings is 1. The zero-order valence-corrected chi connectivity index (χ0v) is 14.9. The van der Waals surface area contributed by atoms with Crippen LogP contribution in [-0.4, -0.2) is 32.1 Å². The van der Waals surface area contributed by atoms with Gasteiger partial charge in [0.1, 0.15) is 29.6 Å². The second-order valence-electron chi connectivity index (χ2n) is 6.49. The monoisotopic (exact) mass is 366 g/mol. The summed E-state index contributed by atoms with van der Waals surface area (Å²) in [6, 6.07) is 11.6. The van der Waals surface area contributed by atoms with Crippen molar-refractivity contribution in [2.24, 2.45) is 0 Å². The minimum absolute atomic E-state index is 0.0712. The van der Waals surface area contributed by atoms with Gasteiger partial charge >= 0.3 is 0 Å². The number of nitrogens with zero attached hydrogens (tertiary/aromatic N) is 4. The van der Waals surface area contributed by atoms with Crippen molar-refractivity contribution in [1.29, 1.82) is 0 Å². The number of benzene rings is 1. The summed E-state index contributed by atoms with van der Waals surface area (Å²) in [5, 5.41) is 4.52. The number of carbonyl (C=O) groups is 1. The summed E-state index contributed by atoms with van der Waals surface area (Å²) in [4.78, 5) is 18.8. The van der Waals surface area contributed by atoms with E-state index in [0.717, 1.165) is 17.0 Å². The van der Waals surface area contributed by atoms with E-state index in [0.29, 0.717) is 31.1 Å². The van der Waals surface area contributed by atoms with Crippen molar-refractivity contribution in [3.63, 3.8) is 0 Å². The zero-order valence-electron chi connectivity index (χ0n) is 14.9. The Balaban J connectivity index is 1.44. The Hall–Kier alpha value is -3.22. The van der Waals surface area contributed by atoms with Crippen LogP contribution in [0.4, 0.5) is 4.39 Å². The van der Waals surface area contributed by atoms with Crippen molar-refractivity contribution in [3.05, 3.63) is 77.1 Å². The van der Waals surface area contributed by atoms with Crippen LogP contribution in [0.5, 0.6) is 5.75 Å². The van der Waals surface area contributed by atoms with Crippen LogP contribution >= 0.6 is 0 Å². The third kappa shape index (κ3) is 3.67. The molecule has 0 N–H and O–H groups in total. The largest absolute Gasteiger partial charge is 0.487 e. The number of hydrogen-bond donors (Lipinski definition) is 0. The average Bonchev–Trinajstić information content (AvgIpc) is 3.08. The van der Waals surface area contributed by atoms with Crippen molar-refractivity contribution >= 4 is 5.91 Å². The number of amides is 1. The Morgan fingerprint density at radius 2 is 2.11 bits per heavy atom. The topological polar surface area (TPSA) is 60.2 Å². The normalized spacial score (nSPS) is 13.3. The lowest BCUT2D eigenvalue weighted by molar-refractivity contribution is 0.0699. The van der Waals surface area contributed by atoms with E-state index < -0.39 is 0 Å². The number of aryl methyl sites for hydroxylation is 1. The Bertz CT molecular complexity index is 986. The van der Waals surface area contributed by atoms with E-state index in [-0.39, 0.29) is 18.3 Å². The molecule has 0 spiro atoms. The van der Waals surface area contributed by atoms with E-state index in [4.69, 9.17) is 4.74 Å². The summed E-state index contributed by atoms with van der Waals surface area (Å²) in [6.45, 7) is 3.80. The lowest BCUT2D eigenvalue weighted by Crippen LogP contribution is -2.39. The van der Waals surface area contributed by atoms with Gasteiger partial charge in [0.15, 0.2) is 0 Å². The Labute approximate surface area is 156 Å². The van der Waals surface area contributed by atoms with Crippen LogP contribution in [0, 0.1) is 12.7 Å². The summed E-state index contributed by atoms with van der Waals surface area (Å²) < 4.78 is 20.7. The van der Waals surface area contributed by atoms with Crippen molar-refractivity contribution in [1.82, 2.24) is 19.7 Å². The Kier molecular flexibility index (Phi) is 4.58. The zero-order chi connectivity index (χ0) is 18.8. The fourth-order valence-corrected chi connectivity index (χ4v) is 3.14. The Morgan fingerprint density at radius 3 is 2.93 bits per heavy atom. The second-order valence-corrected chi connectivity index (χ2v) is 6.49. The number of rotatable bonds is 4. The molecule has 2 aromatic heterocycles. The number of halogens is 1. The average molecular weight is 366 g/mol. The van der Waals surface area contributed by atoms with Gasteiger partial charge in [-0.2, -0.15) is 5.10 Å². The van der Waals surface area contributed by atoms with Crippen molar-refractivity contribution in [3.8, 4) is 5.75 Å². The molecule has 0 fully saturated rings. The van der Waals surface area contributed by atoms with Crippen LogP contribution in [0.3, 0.4) is 0 Å². The molecule has 3 heterocycles. The van der Waals surface area contributed by atoms with Gasteiger partial charge in [0.25, 0.3) is 5.91 Å². The summed E-state index contributed by atoms with van der Waals surface area (Å²) in [7, 11) is 0. The number of carbonyl (C=O) groups excluding carboxylic acids is 1. The van der Waals surface area contributed by atoms with E-state index >= 15 is 0 Å². The van der Waals surface area contributed by atoms with Gasteiger partial charge in [0.2, 0.25) is 0 Å². The first-order chi connectivity index (χ1) is 13.1. The van der Waals surface area contributed by atoms with Crippen LogP contribution in [0.2, 0.25) is 0 Å². The standard InChI is InChI=1S/C20H19FN4O2/c1-14-4-3-7-22-19(14)20(26)24-8-9-25-17(12-24)11-16(23-25)13-27-18-6-2-5-15(21)10-18/h2-7,10-11H,8-9,12-13H2,1H3. The van der Waals surface area contributed by atoms with Crippen LogP contribution < -0.4 is 4.74 Å². The lowest BCUT2D eigenvalue weighted by Gasteiger charge is -2.27. The van der Waals surface area contributed by atoms with Gasteiger partial charge in [-0.15, -0.1) is 0 Å². The highest BCUT2D eigenvalue weighted by Crippen LogP contribution is 2.19. The molecule has 27 heavy (non-hydrogen) atoms. The smallest absolute Gasteiger partial charge is 0.273 e. The molecule has 1 aliphatic rings. The predicted octanol–water partition coefficient (Wildman–Crippen LogP) is 2.96. The third-order valence-corrected chi connectivity index (χ3v) is 4.53. The van der Waals surface area contributed by atoms with Crippen LogP contribution in [-0.2, 0) is 19.7 Å². The van der Waals surface area contributed by atoms with E-state index in [9.17, 15) is 9.18 Å². The highest BCUT2D eigenvalue weighted by molar-refractivity contribution is 5.93. The summed E-state index contributed by atoms with van der Waals surface area (Å²) >= 11 is 0. The second kappa shape index (κ2) is 7.19. The Morgan fingerprint density at radius 1 is 1.22 bits per heavy atom. The van der Waals surface area contributed by atoms with Gasteiger partial charge < -0.3 is 9.64 Å². The quantitative estimate of drug-likeness (QED) is 0.712. The van der Waals surface area contributed by atoms with Gasteiger partial charge in [-0.05, 0) is 36.8 Å². The molecule has 0 saturated heterocycles. The molecule has 4 rings (SSSR count). The van der Waals surface area contributed by atoms with Crippen LogP contribution in [0.25, 0.3) is 0 Å². The van der Waals surface area contributed by atoms with Crippen LogP contribution in [0.15, 0.2) is 48.7 Å². The maximum atomic E-state index is 13.2. The minimum atomic E-state index is -0.337. The first-order valence-electron chi connectivity index (χ1n) is 8.75. The molecule has 3 aromatic rings. The first-order valence-corrected chi connectivity index (χ1v) is 8.75. The molecular formula is C20H19FN4O2. The first kappa shape index (κ1) is 17.2. The van der Waals surface area contributed by atoms with Crippen molar-refractivity contribution in [2.45, 2.75) is 26.6 Å². The maximum absolute atomic E-state index is 13.2. The predicted molar refractivity (Wildman–Crippen MR) is 96.7 cm³/mol. The summed E-state index contributed by atoms with van der Waals surface area (Å²) in [5.41, 5.74) is 3.05. The highest BCUT2D eigenvalue weighted by Gasteiger charge is 2.25. The van der Waals surface area contributed by atoms with Crippen LogP contribution in [0.1, 0.15) is 27.4 Å². The van der Waals surface area contributed by atoms with Gasteiger partial charge in [0, 0.05) is 18.8 Å². The lowest BCUT2D eigenvalue weighted by atomic mass is 10.2. The molecule has 0 saturated carbocycles.